The predicted molar refractivity (Wildman–Crippen MR) is 61.2 cm³/mol. The zero-order valence-corrected chi connectivity index (χ0v) is 10.5. The molecule has 0 aromatic rings. The smallest absolute Gasteiger partial charge is 0.150 e. The van der Waals surface area contributed by atoms with Crippen LogP contribution >= 0.6 is 0 Å². The number of ether oxygens (including phenoxy) is 1. The molecule has 0 radical (unpaired) electrons. The molecule has 1 rings (SSSR count). The molecule has 0 bridgehead atoms. The van der Waals surface area contributed by atoms with Crippen molar-refractivity contribution in [3.63, 3.8) is 0 Å². The second-order valence-corrected chi connectivity index (χ2v) is 6.29. The van der Waals surface area contributed by atoms with Gasteiger partial charge in [-0.1, -0.05) is 20.8 Å². The summed E-state index contributed by atoms with van der Waals surface area (Å²) in [6.07, 6.45) is 0.798. The van der Waals surface area contributed by atoms with E-state index >= 15 is 0 Å². The molecule has 0 spiro atoms. The summed E-state index contributed by atoms with van der Waals surface area (Å²) in [6.45, 7) is 7.20. The number of Topliss-reactive ketones (excluding diaryl/α,β-unsaturated/α-hetero) is 1. The van der Waals surface area contributed by atoms with Crippen molar-refractivity contribution in [2.45, 2.75) is 32.4 Å². The predicted octanol–water partition coefficient (Wildman–Crippen LogP) is 1.39. The van der Waals surface area contributed by atoms with Gasteiger partial charge < -0.3 is 4.74 Å². The zero-order chi connectivity index (χ0) is 11.4. The highest BCUT2D eigenvalue weighted by molar-refractivity contribution is 7.86. The van der Waals surface area contributed by atoms with Crippen molar-refractivity contribution in [1.29, 1.82) is 0 Å². The number of carbonyl (C=O) groups is 1. The Bertz CT molecular complexity index is 232. The molecule has 1 fully saturated rings. The van der Waals surface area contributed by atoms with Crippen LogP contribution in [0.2, 0.25) is 0 Å². The lowest BCUT2D eigenvalue weighted by Crippen LogP contribution is -2.27. The largest absolute Gasteiger partial charge is 0.381 e. The highest BCUT2D eigenvalue weighted by Gasteiger charge is 2.26. The van der Waals surface area contributed by atoms with Gasteiger partial charge in [-0.25, -0.2) is 0 Å². The first-order valence-electron chi connectivity index (χ1n) is 5.50. The lowest BCUT2D eigenvalue weighted by Gasteiger charge is -2.15. The molecule has 15 heavy (non-hydrogen) atoms. The van der Waals surface area contributed by atoms with Crippen LogP contribution in [0.3, 0.4) is 0 Å². The molecule has 1 aliphatic rings. The van der Waals surface area contributed by atoms with Crippen molar-refractivity contribution >= 4 is 16.6 Å². The first-order valence-corrected chi connectivity index (χ1v) is 6.88. The van der Waals surface area contributed by atoms with Crippen LogP contribution in [0.1, 0.15) is 27.2 Å². The minimum Gasteiger partial charge on any atom is -0.381 e. The topological polar surface area (TPSA) is 43.4 Å². The Kier molecular flexibility index (Phi) is 4.93. The van der Waals surface area contributed by atoms with Gasteiger partial charge in [0, 0.05) is 28.6 Å². The average Bonchev–Trinajstić information content (AvgIpc) is 2.68. The summed E-state index contributed by atoms with van der Waals surface area (Å²) in [5.41, 5.74) is 0. The molecule has 88 valence electrons. The lowest BCUT2D eigenvalue weighted by atomic mass is 10.1. The summed E-state index contributed by atoms with van der Waals surface area (Å²) in [6, 6.07) is 0. The van der Waals surface area contributed by atoms with Crippen molar-refractivity contribution in [2.24, 2.45) is 11.8 Å². The minimum atomic E-state index is -1.03. The van der Waals surface area contributed by atoms with Gasteiger partial charge in [0.05, 0.1) is 12.4 Å². The van der Waals surface area contributed by atoms with Crippen molar-refractivity contribution in [1.82, 2.24) is 0 Å². The molecule has 0 aromatic carbocycles. The van der Waals surface area contributed by atoms with Crippen molar-refractivity contribution in [3.05, 3.63) is 0 Å². The summed E-state index contributed by atoms with van der Waals surface area (Å²) >= 11 is 0. The Morgan fingerprint density at radius 1 is 1.47 bits per heavy atom. The zero-order valence-electron chi connectivity index (χ0n) is 9.69. The average molecular weight is 232 g/mol. The van der Waals surface area contributed by atoms with Crippen LogP contribution < -0.4 is 0 Å². The number of rotatable bonds is 5. The summed E-state index contributed by atoms with van der Waals surface area (Å²) < 4.78 is 16.9. The van der Waals surface area contributed by atoms with Gasteiger partial charge in [-0.15, -0.1) is 0 Å². The van der Waals surface area contributed by atoms with E-state index in [1.165, 1.54) is 0 Å². The van der Waals surface area contributed by atoms with Crippen LogP contribution in [0.15, 0.2) is 0 Å². The fourth-order valence-corrected chi connectivity index (χ4v) is 2.87. The van der Waals surface area contributed by atoms with E-state index in [9.17, 15) is 9.00 Å². The van der Waals surface area contributed by atoms with Crippen LogP contribution in [0, 0.1) is 11.8 Å². The SMILES string of the molecule is CC(C)C(C)S(=O)CC(=O)C1CCOC1. The first-order chi connectivity index (χ1) is 7.02. The third-order valence-electron chi connectivity index (χ3n) is 3.02. The number of ketones is 1. The number of hydrogen-bond donors (Lipinski definition) is 0. The van der Waals surface area contributed by atoms with Gasteiger partial charge >= 0.3 is 0 Å². The Morgan fingerprint density at radius 2 is 2.13 bits per heavy atom. The molecule has 0 saturated carbocycles. The van der Waals surface area contributed by atoms with Gasteiger partial charge in [-0.05, 0) is 12.3 Å². The molecule has 0 amide bonds. The molecule has 0 aliphatic carbocycles. The molecule has 3 unspecified atom stereocenters. The van der Waals surface area contributed by atoms with Gasteiger partial charge in [-0.3, -0.25) is 9.00 Å². The molecule has 1 saturated heterocycles. The highest BCUT2D eigenvalue weighted by Crippen LogP contribution is 2.16. The van der Waals surface area contributed by atoms with Crippen LogP contribution in [-0.2, 0) is 20.3 Å². The normalized spacial score (nSPS) is 25.5. The summed E-state index contributed by atoms with van der Waals surface area (Å²) in [5.74, 6) is 0.665. The van der Waals surface area contributed by atoms with E-state index in [0.29, 0.717) is 19.1 Å². The molecule has 1 heterocycles. The van der Waals surface area contributed by atoms with Crippen molar-refractivity contribution in [3.8, 4) is 0 Å². The monoisotopic (exact) mass is 232 g/mol. The molecule has 1 aliphatic heterocycles. The third-order valence-corrected chi connectivity index (χ3v) is 4.97. The lowest BCUT2D eigenvalue weighted by molar-refractivity contribution is -0.120. The van der Waals surface area contributed by atoms with Crippen molar-refractivity contribution < 1.29 is 13.7 Å². The molecular weight excluding hydrogens is 212 g/mol. The second-order valence-electron chi connectivity index (χ2n) is 4.50. The second kappa shape index (κ2) is 5.75. The molecule has 3 atom stereocenters. The maximum Gasteiger partial charge on any atom is 0.150 e. The standard InChI is InChI=1S/C11H20O3S/c1-8(2)9(3)15(13)7-11(12)10-4-5-14-6-10/h8-10H,4-7H2,1-3H3. The van der Waals surface area contributed by atoms with E-state index in [1.807, 2.05) is 20.8 Å². The van der Waals surface area contributed by atoms with E-state index in [2.05, 4.69) is 0 Å². The minimum absolute atomic E-state index is 0.00619. The fourth-order valence-electron chi connectivity index (χ4n) is 1.48. The van der Waals surface area contributed by atoms with E-state index in [4.69, 9.17) is 4.74 Å². The van der Waals surface area contributed by atoms with Crippen LogP contribution in [0.4, 0.5) is 0 Å². The van der Waals surface area contributed by atoms with Gasteiger partial charge in [0.2, 0.25) is 0 Å². The molecule has 3 nitrogen and oxygen atoms in total. The first kappa shape index (κ1) is 12.8. The fraction of sp³-hybridized carbons (Fsp3) is 0.909. The maximum absolute atomic E-state index is 11.8. The van der Waals surface area contributed by atoms with Gasteiger partial charge in [0.15, 0.2) is 5.78 Å². The number of hydrogen-bond acceptors (Lipinski definition) is 3. The summed E-state index contributed by atoms with van der Waals surface area (Å²) in [4.78, 5) is 11.7. The summed E-state index contributed by atoms with van der Waals surface area (Å²) in [7, 11) is -1.03. The van der Waals surface area contributed by atoms with E-state index in [-0.39, 0.29) is 22.7 Å². The van der Waals surface area contributed by atoms with Crippen LogP contribution in [0.5, 0.6) is 0 Å². The van der Waals surface area contributed by atoms with Gasteiger partial charge in [0.1, 0.15) is 0 Å². The maximum atomic E-state index is 11.8. The van der Waals surface area contributed by atoms with Crippen LogP contribution in [-0.4, -0.2) is 34.2 Å². The van der Waals surface area contributed by atoms with Gasteiger partial charge in [-0.2, -0.15) is 0 Å². The molecule has 0 aromatic heterocycles. The Hall–Kier alpha value is -0.220. The highest BCUT2D eigenvalue weighted by atomic mass is 32.2. The van der Waals surface area contributed by atoms with Crippen LogP contribution in [0.25, 0.3) is 0 Å². The molecular formula is C11H20O3S. The summed E-state index contributed by atoms with van der Waals surface area (Å²) in [5, 5.41) is 0.0938. The number of carbonyl (C=O) groups excluding carboxylic acids is 1. The van der Waals surface area contributed by atoms with E-state index < -0.39 is 10.8 Å². The van der Waals surface area contributed by atoms with E-state index in [1.54, 1.807) is 0 Å². The Balaban J connectivity index is 2.40. The third kappa shape index (κ3) is 3.68. The quantitative estimate of drug-likeness (QED) is 0.719. The Labute approximate surface area is 94.0 Å². The molecule has 0 N–H and O–H groups in total. The Morgan fingerprint density at radius 3 is 2.60 bits per heavy atom. The molecule has 4 heteroatoms. The van der Waals surface area contributed by atoms with Gasteiger partial charge in [0.25, 0.3) is 0 Å². The van der Waals surface area contributed by atoms with Crippen molar-refractivity contribution in [2.75, 3.05) is 19.0 Å². The van der Waals surface area contributed by atoms with E-state index in [0.717, 1.165) is 6.42 Å².